The van der Waals surface area contributed by atoms with Crippen molar-refractivity contribution in [3.8, 4) is 0 Å². The molecule has 2 rings (SSSR count). The molecule has 0 aliphatic heterocycles. The van der Waals surface area contributed by atoms with Crippen LogP contribution < -0.4 is 5.32 Å². The number of nitrogens with one attached hydrogen (secondary N) is 1. The Morgan fingerprint density at radius 1 is 1.33 bits per heavy atom. The highest BCUT2D eigenvalue weighted by Crippen LogP contribution is 2.17. The van der Waals surface area contributed by atoms with Gasteiger partial charge in [-0.1, -0.05) is 31.5 Å². The highest BCUT2D eigenvalue weighted by molar-refractivity contribution is 6.30. The minimum atomic E-state index is -0.295. The Morgan fingerprint density at radius 3 is 2.76 bits per heavy atom. The molecule has 3 nitrogen and oxygen atoms in total. The van der Waals surface area contributed by atoms with Crippen LogP contribution in [0.15, 0.2) is 24.4 Å². The van der Waals surface area contributed by atoms with E-state index in [0.29, 0.717) is 23.0 Å². The number of halogens is 2. The molecule has 0 spiro atoms. The monoisotopic (exact) mass is 309 g/mol. The Labute approximate surface area is 130 Å². The van der Waals surface area contributed by atoms with Crippen LogP contribution in [-0.4, -0.2) is 16.3 Å². The fourth-order valence-corrected chi connectivity index (χ4v) is 2.28. The lowest BCUT2D eigenvalue weighted by Crippen LogP contribution is -2.19. The molecule has 0 saturated heterocycles. The van der Waals surface area contributed by atoms with Gasteiger partial charge in [0.15, 0.2) is 0 Å². The summed E-state index contributed by atoms with van der Waals surface area (Å²) in [5.41, 5.74) is 2.79. The van der Waals surface area contributed by atoms with E-state index in [2.05, 4.69) is 24.3 Å². The highest BCUT2D eigenvalue weighted by Gasteiger charge is 2.09. The number of aromatic nitrogens is 2. The van der Waals surface area contributed by atoms with Crippen molar-refractivity contribution in [1.29, 1.82) is 0 Å². The molecule has 0 saturated carbocycles. The average molecular weight is 310 g/mol. The number of nitrogens with zero attached hydrogens (tertiary/aromatic N) is 2. The van der Waals surface area contributed by atoms with Crippen molar-refractivity contribution < 1.29 is 4.39 Å². The summed E-state index contributed by atoms with van der Waals surface area (Å²) in [5, 5.41) is 8.15. The van der Waals surface area contributed by atoms with Crippen LogP contribution in [0.4, 0.5) is 4.39 Å². The minimum absolute atomic E-state index is 0.295. The molecule has 0 aliphatic carbocycles. The van der Waals surface area contributed by atoms with E-state index in [-0.39, 0.29) is 5.82 Å². The van der Waals surface area contributed by atoms with Crippen molar-refractivity contribution >= 4 is 11.6 Å². The third-order valence-electron chi connectivity index (χ3n) is 3.41. The molecule has 2 aromatic rings. The number of benzene rings is 1. The van der Waals surface area contributed by atoms with E-state index < -0.39 is 0 Å². The van der Waals surface area contributed by atoms with Crippen molar-refractivity contribution in [3.05, 3.63) is 52.1 Å². The van der Waals surface area contributed by atoms with Crippen LogP contribution in [0.1, 0.15) is 30.7 Å². The van der Waals surface area contributed by atoms with Gasteiger partial charge in [0.1, 0.15) is 5.82 Å². The maximum absolute atomic E-state index is 13.8. The van der Waals surface area contributed by atoms with Gasteiger partial charge in [0, 0.05) is 28.4 Å². The topological polar surface area (TPSA) is 29.9 Å². The van der Waals surface area contributed by atoms with Gasteiger partial charge in [-0.3, -0.25) is 4.68 Å². The van der Waals surface area contributed by atoms with E-state index in [1.54, 1.807) is 12.1 Å². The predicted octanol–water partition coefficient (Wildman–Crippen LogP) is 3.78. The highest BCUT2D eigenvalue weighted by atomic mass is 35.5. The number of hydrogen-bond donors (Lipinski definition) is 1. The lowest BCUT2D eigenvalue weighted by molar-refractivity contribution is 0.550. The molecule has 0 aliphatic rings. The molecule has 1 N–H and O–H groups in total. The van der Waals surface area contributed by atoms with Crippen LogP contribution in [0.2, 0.25) is 5.02 Å². The summed E-state index contributed by atoms with van der Waals surface area (Å²) in [6.07, 6.45) is 1.84. The predicted molar refractivity (Wildman–Crippen MR) is 84.0 cm³/mol. The number of hydrogen-bond acceptors (Lipinski definition) is 2. The quantitative estimate of drug-likeness (QED) is 0.880. The van der Waals surface area contributed by atoms with Gasteiger partial charge in [-0.15, -0.1) is 0 Å². The third-order valence-corrected chi connectivity index (χ3v) is 3.64. The molecule has 5 heteroatoms. The summed E-state index contributed by atoms with van der Waals surface area (Å²) in [5.74, 6) is 0.320. The van der Waals surface area contributed by atoms with Crippen molar-refractivity contribution in [1.82, 2.24) is 15.1 Å². The van der Waals surface area contributed by atoms with E-state index in [0.717, 1.165) is 24.3 Å². The van der Waals surface area contributed by atoms with Gasteiger partial charge in [0.2, 0.25) is 0 Å². The summed E-state index contributed by atoms with van der Waals surface area (Å²) in [4.78, 5) is 0. The van der Waals surface area contributed by atoms with Gasteiger partial charge in [-0.05, 0) is 31.5 Å². The van der Waals surface area contributed by atoms with Crippen LogP contribution in [0, 0.1) is 18.7 Å². The summed E-state index contributed by atoms with van der Waals surface area (Å²) in [7, 11) is 0. The van der Waals surface area contributed by atoms with Gasteiger partial charge in [0.05, 0.1) is 12.7 Å². The van der Waals surface area contributed by atoms with E-state index in [9.17, 15) is 4.39 Å². The first kappa shape index (κ1) is 16.0. The summed E-state index contributed by atoms with van der Waals surface area (Å²) < 4.78 is 15.6. The Balaban J connectivity index is 2.06. The van der Waals surface area contributed by atoms with Gasteiger partial charge >= 0.3 is 0 Å². The van der Waals surface area contributed by atoms with Crippen molar-refractivity contribution in [2.24, 2.45) is 5.92 Å². The molecule has 114 valence electrons. The van der Waals surface area contributed by atoms with Crippen molar-refractivity contribution in [2.45, 2.75) is 33.9 Å². The standard InChI is InChI=1S/C16H21ClFN3/c1-11(2)7-19-8-14-9-20-21(12(14)3)10-13-4-5-15(17)6-16(13)18/h4-6,9,11,19H,7-8,10H2,1-3H3. The zero-order chi connectivity index (χ0) is 15.4. The molecule has 0 bridgehead atoms. The second kappa shape index (κ2) is 7.05. The van der Waals surface area contributed by atoms with Crippen LogP contribution in [0.3, 0.4) is 0 Å². The van der Waals surface area contributed by atoms with Gasteiger partial charge in [-0.2, -0.15) is 5.10 Å². The van der Waals surface area contributed by atoms with E-state index in [4.69, 9.17) is 11.6 Å². The maximum Gasteiger partial charge on any atom is 0.129 e. The van der Waals surface area contributed by atoms with Crippen LogP contribution in [-0.2, 0) is 13.1 Å². The lowest BCUT2D eigenvalue weighted by Gasteiger charge is -2.09. The Hall–Kier alpha value is -1.39. The second-order valence-electron chi connectivity index (χ2n) is 5.67. The minimum Gasteiger partial charge on any atom is -0.312 e. The summed E-state index contributed by atoms with van der Waals surface area (Å²) in [6, 6.07) is 4.74. The second-order valence-corrected chi connectivity index (χ2v) is 6.11. The zero-order valence-electron chi connectivity index (χ0n) is 12.7. The molecular formula is C16H21ClFN3. The maximum atomic E-state index is 13.8. The third kappa shape index (κ3) is 4.29. The van der Waals surface area contributed by atoms with Crippen LogP contribution >= 0.6 is 11.6 Å². The summed E-state index contributed by atoms with van der Waals surface area (Å²) >= 11 is 5.77. The average Bonchev–Trinajstić information content (AvgIpc) is 2.74. The SMILES string of the molecule is Cc1c(CNCC(C)C)cnn1Cc1ccc(Cl)cc1F. The molecule has 0 amide bonds. The lowest BCUT2D eigenvalue weighted by atomic mass is 10.2. The zero-order valence-corrected chi connectivity index (χ0v) is 13.4. The number of rotatable bonds is 6. The first-order valence-corrected chi connectivity index (χ1v) is 7.51. The smallest absolute Gasteiger partial charge is 0.129 e. The molecule has 1 heterocycles. The normalized spacial score (nSPS) is 11.3. The van der Waals surface area contributed by atoms with Gasteiger partial charge in [0.25, 0.3) is 0 Å². The van der Waals surface area contributed by atoms with Gasteiger partial charge < -0.3 is 5.32 Å². The molecule has 0 fully saturated rings. The summed E-state index contributed by atoms with van der Waals surface area (Å²) in [6.45, 7) is 8.52. The molecule has 0 radical (unpaired) electrons. The van der Waals surface area contributed by atoms with E-state index >= 15 is 0 Å². The van der Waals surface area contributed by atoms with E-state index in [1.807, 2.05) is 17.8 Å². The van der Waals surface area contributed by atoms with Crippen molar-refractivity contribution in [2.75, 3.05) is 6.54 Å². The van der Waals surface area contributed by atoms with Crippen LogP contribution in [0.25, 0.3) is 0 Å². The van der Waals surface area contributed by atoms with Crippen LogP contribution in [0.5, 0.6) is 0 Å². The van der Waals surface area contributed by atoms with Crippen molar-refractivity contribution in [3.63, 3.8) is 0 Å². The van der Waals surface area contributed by atoms with Gasteiger partial charge in [-0.25, -0.2) is 4.39 Å². The first-order valence-electron chi connectivity index (χ1n) is 7.13. The largest absolute Gasteiger partial charge is 0.312 e. The molecular weight excluding hydrogens is 289 g/mol. The molecule has 1 aromatic heterocycles. The Kier molecular flexibility index (Phi) is 5.37. The Bertz CT molecular complexity index is 608. The Morgan fingerprint density at radius 2 is 2.10 bits per heavy atom. The first-order chi connectivity index (χ1) is 9.97. The van der Waals surface area contributed by atoms with E-state index in [1.165, 1.54) is 6.07 Å². The molecule has 1 aromatic carbocycles. The fourth-order valence-electron chi connectivity index (χ4n) is 2.12. The molecule has 0 atom stereocenters. The molecule has 21 heavy (non-hydrogen) atoms. The molecule has 0 unspecified atom stereocenters. The fraction of sp³-hybridized carbons (Fsp3) is 0.438.